The lowest BCUT2D eigenvalue weighted by Gasteiger charge is -2.21. The Morgan fingerprint density at radius 3 is 3.05 bits per heavy atom. The average Bonchev–Trinajstić information content (AvgIpc) is 3.23. The minimum atomic E-state index is 0.125. The van der Waals surface area contributed by atoms with Crippen LogP contribution in [-0.4, -0.2) is 25.7 Å². The molecule has 1 heterocycles. The maximum absolute atomic E-state index is 11.3. The predicted molar refractivity (Wildman–Crippen MR) is 71.6 cm³/mol. The standard InChI is InChI=1S/C15H19NO3/c1-2-14(17)16-9-10-8-12(10)11-4-3-5-13-15(11)19-7-6-18-13/h3-5,10,12H,2,6-9H2,1H3,(H,16,17)/t10-,12+/m0/s1. The summed E-state index contributed by atoms with van der Waals surface area (Å²) in [7, 11) is 0. The number of nitrogens with one attached hydrogen (secondary N) is 1. The molecule has 1 aliphatic heterocycles. The van der Waals surface area contributed by atoms with Crippen LogP contribution in [0.25, 0.3) is 0 Å². The summed E-state index contributed by atoms with van der Waals surface area (Å²) in [6.45, 7) is 3.88. The fourth-order valence-electron chi connectivity index (χ4n) is 2.61. The number of hydrogen-bond donors (Lipinski definition) is 1. The number of ether oxygens (including phenoxy) is 2. The van der Waals surface area contributed by atoms with Crippen molar-refractivity contribution in [1.29, 1.82) is 0 Å². The van der Waals surface area contributed by atoms with Gasteiger partial charge in [-0.15, -0.1) is 0 Å². The summed E-state index contributed by atoms with van der Waals surface area (Å²) < 4.78 is 11.3. The molecule has 19 heavy (non-hydrogen) atoms. The van der Waals surface area contributed by atoms with Gasteiger partial charge in [-0.3, -0.25) is 4.79 Å². The first-order valence-corrected chi connectivity index (χ1v) is 6.94. The molecule has 1 aromatic rings. The lowest BCUT2D eigenvalue weighted by Crippen LogP contribution is -2.24. The second-order valence-electron chi connectivity index (χ2n) is 5.13. The van der Waals surface area contributed by atoms with Gasteiger partial charge in [0.15, 0.2) is 11.5 Å². The van der Waals surface area contributed by atoms with Gasteiger partial charge in [0.1, 0.15) is 13.2 Å². The van der Waals surface area contributed by atoms with Crippen LogP contribution in [0, 0.1) is 5.92 Å². The molecule has 2 atom stereocenters. The molecule has 0 saturated heterocycles. The predicted octanol–water partition coefficient (Wildman–Crippen LogP) is 2.09. The SMILES string of the molecule is CCC(=O)NC[C@@H]1C[C@H]1c1cccc2c1OCCO2. The van der Waals surface area contributed by atoms with Gasteiger partial charge in [-0.2, -0.15) is 0 Å². The quantitative estimate of drug-likeness (QED) is 0.902. The first kappa shape index (κ1) is 12.3. The molecule has 2 aliphatic rings. The zero-order valence-corrected chi connectivity index (χ0v) is 11.1. The Morgan fingerprint density at radius 2 is 2.21 bits per heavy atom. The van der Waals surface area contributed by atoms with Gasteiger partial charge in [0.05, 0.1) is 0 Å². The van der Waals surface area contributed by atoms with E-state index in [4.69, 9.17) is 9.47 Å². The second-order valence-corrected chi connectivity index (χ2v) is 5.13. The number of hydrogen-bond acceptors (Lipinski definition) is 3. The fraction of sp³-hybridized carbons (Fsp3) is 0.533. The minimum Gasteiger partial charge on any atom is -0.486 e. The summed E-state index contributed by atoms with van der Waals surface area (Å²) in [6, 6.07) is 6.08. The molecule has 0 unspecified atom stereocenters. The van der Waals surface area contributed by atoms with Crippen molar-refractivity contribution in [3.8, 4) is 11.5 Å². The summed E-state index contributed by atoms with van der Waals surface area (Å²) in [5.74, 6) is 2.91. The fourth-order valence-corrected chi connectivity index (χ4v) is 2.61. The van der Waals surface area contributed by atoms with Crippen molar-refractivity contribution < 1.29 is 14.3 Å². The number of carbonyl (C=O) groups is 1. The topological polar surface area (TPSA) is 47.6 Å². The van der Waals surface area contributed by atoms with Crippen molar-refractivity contribution in [3.05, 3.63) is 23.8 Å². The van der Waals surface area contributed by atoms with Crippen LogP contribution >= 0.6 is 0 Å². The van der Waals surface area contributed by atoms with Crippen LogP contribution in [0.4, 0.5) is 0 Å². The molecule has 3 rings (SSSR count). The zero-order valence-electron chi connectivity index (χ0n) is 11.1. The van der Waals surface area contributed by atoms with E-state index in [0.717, 1.165) is 24.5 Å². The molecule has 4 heteroatoms. The van der Waals surface area contributed by atoms with Crippen LogP contribution in [0.2, 0.25) is 0 Å². The van der Waals surface area contributed by atoms with Crippen molar-refractivity contribution in [1.82, 2.24) is 5.32 Å². The number of fused-ring (bicyclic) bond motifs is 1. The maximum atomic E-state index is 11.3. The highest BCUT2D eigenvalue weighted by Crippen LogP contribution is 2.52. The molecule has 102 valence electrons. The molecule has 0 radical (unpaired) electrons. The monoisotopic (exact) mass is 261 g/mol. The largest absolute Gasteiger partial charge is 0.486 e. The molecule has 1 N–H and O–H groups in total. The van der Waals surface area contributed by atoms with Gasteiger partial charge in [-0.25, -0.2) is 0 Å². The van der Waals surface area contributed by atoms with Crippen molar-refractivity contribution in [2.24, 2.45) is 5.92 Å². The lowest BCUT2D eigenvalue weighted by atomic mass is 10.1. The molecule has 0 bridgehead atoms. The zero-order chi connectivity index (χ0) is 13.2. The van der Waals surface area contributed by atoms with Crippen LogP contribution in [0.15, 0.2) is 18.2 Å². The number of para-hydroxylation sites is 1. The molecule has 1 aromatic carbocycles. The van der Waals surface area contributed by atoms with E-state index in [0.29, 0.717) is 31.5 Å². The van der Waals surface area contributed by atoms with Crippen molar-refractivity contribution in [2.75, 3.05) is 19.8 Å². The molecule has 0 spiro atoms. The molecular formula is C15H19NO3. The number of amides is 1. The van der Waals surface area contributed by atoms with Crippen LogP contribution in [-0.2, 0) is 4.79 Å². The third-order valence-corrected chi connectivity index (χ3v) is 3.80. The molecule has 0 aromatic heterocycles. The third-order valence-electron chi connectivity index (χ3n) is 3.80. The second kappa shape index (κ2) is 5.11. The average molecular weight is 261 g/mol. The van der Waals surface area contributed by atoms with E-state index in [1.54, 1.807) is 0 Å². The first-order chi connectivity index (χ1) is 9.29. The summed E-state index contributed by atoms with van der Waals surface area (Å²) in [4.78, 5) is 11.3. The Balaban J connectivity index is 1.66. The van der Waals surface area contributed by atoms with Gasteiger partial charge < -0.3 is 14.8 Å². The maximum Gasteiger partial charge on any atom is 0.219 e. The smallest absolute Gasteiger partial charge is 0.219 e. The van der Waals surface area contributed by atoms with Gasteiger partial charge in [0, 0.05) is 18.5 Å². The summed E-state index contributed by atoms with van der Waals surface area (Å²) >= 11 is 0. The Labute approximate surface area is 113 Å². The van der Waals surface area contributed by atoms with Gasteiger partial charge >= 0.3 is 0 Å². The summed E-state index contributed by atoms with van der Waals surface area (Å²) in [5.41, 5.74) is 1.23. The van der Waals surface area contributed by atoms with E-state index in [-0.39, 0.29) is 5.91 Å². The summed E-state index contributed by atoms with van der Waals surface area (Å²) in [5, 5.41) is 2.96. The van der Waals surface area contributed by atoms with E-state index in [9.17, 15) is 4.79 Å². The first-order valence-electron chi connectivity index (χ1n) is 6.94. The van der Waals surface area contributed by atoms with Crippen LogP contribution in [0.1, 0.15) is 31.2 Å². The Hall–Kier alpha value is -1.71. The number of carbonyl (C=O) groups excluding carboxylic acids is 1. The third kappa shape index (κ3) is 2.53. The van der Waals surface area contributed by atoms with E-state index in [2.05, 4.69) is 11.4 Å². The van der Waals surface area contributed by atoms with E-state index < -0.39 is 0 Å². The molecular weight excluding hydrogens is 242 g/mol. The Bertz CT molecular complexity index is 486. The van der Waals surface area contributed by atoms with Crippen LogP contribution in [0.5, 0.6) is 11.5 Å². The molecule has 1 aliphatic carbocycles. The molecule has 4 nitrogen and oxygen atoms in total. The van der Waals surface area contributed by atoms with E-state index >= 15 is 0 Å². The van der Waals surface area contributed by atoms with E-state index in [1.807, 2.05) is 19.1 Å². The normalized spacial score (nSPS) is 23.8. The van der Waals surface area contributed by atoms with Crippen LogP contribution in [0.3, 0.4) is 0 Å². The Morgan fingerprint density at radius 1 is 1.37 bits per heavy atom. The van der Waals surface area contributed by atoms with Crippen molar-refractivity contribution in [3.63, 3.8) is 0 Å². The molecule has 1 fully saturated rings. The highest BCUT2D eigenvalue weighted by atomic mass is 16.6. The highest BCUT2D eigenvalue weighted by Gasteiger charge is 2.40. The van der Waals surface area contributed by atoms with Gasteiger partial charge in [0.25, 0.3) is 0 Å². The lowest BCUT2D eigenvalue weighted by molar-refractivity contribution is -0.120. The van der Waals surface area contributed by atoms with E-state index in [1.165, 1.54) is 5.56 Å². The minimum absolute atomic E-state index is 0.125. The van der Waals surface area contributed by atoms with Gasteiger partial charge in [0.2, 0.25) is 5.91 Å². The highest BCUT2D eigenvalue weighted by molar-refractivity contribution is 5.75. The van der Waals surface area contributed by atoms with Gasteiger partial charge in [-0.05, 0) is 24.3 Å². The van der Waals surface area contributed by atoms with Gasteiger partial charge in [-0.1, -0.05) is 19.1 Å². The summed E-state index contributed by atoms with van der Waals surface area (Å²) in [6.07, 6.45) is 1.67. The van der Waals surface area contributed by atoms with Crippen molar-refractivity contribution in [2.45, 2.75) is 25.7 Å². The molecule has 1 amide bonds. The number of benzene rings is 1. The van der Waals surface area contributed by atoms with Crippen LogP contribution < -0.4 is 14.8 Å². The van der Waals surface area contributed by atoms with Crippen molar-refractivity contribution >= 4 is 5.91 Å². The number of rotatable bonds is 4. The Kier molecular flexibility index (Phi) is 3.32. The molecule has 1 saturated carbocycles.